The molecule has 7 aliphatic rings. The molecular weight excluding hydrogens is 813 g/mol. The van der Waals surface area contributed by atoms with Gasteiger partial charge in [0, 0.05) is 6.42 Å². The van der Waals surface area contributed by atoms with Crippen molar-refractivity contribution < 1.29 is 86.2 Å². The number of esters is 1. The lowest BCUT2D eigenvalue weighted by atomic mass is 9.40. The lowest BCUT2D eigenvalue weighted by molar-refractivity contribution is -0.362. The molecule has 0 unspecified atom stereocenters. The Morgan fingerprint density at radius 2 is 1.58 bits per heavy atom. The van der Waals surface area contributed by atoms with Crippen LogP contribution in [0.2, 0.25) is 0 Å². The number of carbonyl (C=O) groups excluding carboxylic acids is 2. The first-order valence-electron chi connectivity index (χ1n) is 21.1. The SMILES string of the molecule is C[C@H]1O[C@@H](O[C@H]2[C@H](O[C@H]3CC[C@]4(C)C5=C[C@H](O)[C@]67C(=O)O[C@@](C)(C(=O)CCC(C)(C)O)[C@@]6(O)CC[C@@]7(C)[C@@H]5CC[C@H]4C3(C)C)OC[C@@H](OS(=O)(=O)O)[C@@H]2O)[C@H](O)[C@@H](O)[C@@H]1O. The molecule has 19 heteroatoms. The molecule has 1 spiro atoms. The predicted molar refractivity (Wildman–Crippen MR) is 205 cm³/mol. The highest BCUT2D eigenvalue weighted by atomic mass is 32.3. The maximum atomic E-state index is 14.3. The number of rotatable bonds is 10. The van der Waals surface area contributed by atoms with Crippen LogP contribution in [0.15, 0.2) is 11.6 Å². The van der Waals surface area contributed by atoms with Gasteiger partial charge in [-0.3, -0.25) is 14.1 Å². The van der Waals surface area contributed by atoms with Gasteiger partial charge in [-0.1, -0.05) is 39.3 Å². The van der Waals surface area contributed by atoms with Crippen molar-refractivity contribution in [3.63, 3.8) is 0 Å². The number of aliphatic hydroxyl groups excluding tert-OH is 5. The Labute approximate surface area is 350 Å². The summed E-state index contributed by atoms with van der Waals surface area (Å²) < 4.78 is 67.4. The highest BCUT2D eigenvalue weighted by Crippen LogP contribution is 2.77. The van der Waals surface area contributed by atoms with Crippen LogP contribution in [-0.4, -0.2) is 151 Å². The monoisotopic (exact) mass is 876 g/mol. The Bertz CT molecular complexity index is 1850. The number of hydrogen-bond acceptors (Lipinski definition) is 17. The van der Waals surface area contributed by atoms with Crippen LogP contribution in [-0.2, 0) is 47.9 Å². The number of ketones is 1. The smallest absolute Gasteiger partial charge is 0.397 e. The van der Waals surface area contributed by atoms with Crippen LogP contribution in [0.1, 0.15) is 107 Å². The van der Waals surface area contributed by atoms with Gasteiger partial charge in [0.2, 0.25) is 0 Å². The number of hydrogen-bond donors (Lipinski definition) is 8. The molecule has 3 heterocycles. The fraction of sp³-hybridized carbons (Fsp3) is 0.902. The van der Waals surface area contributed by atoms with Gasteiger partial charge >= 0.3 is 16.4 Å². The van der Waals surface area contributed by atoms with E-state index < -0.39 is 135 Å². The van der Waals surface area contributed by atoms with E-state index in [1.807, 2.05) is 20.8 Å². The van der Waals surface area contributed by atoms with Crippen molar-refractivity contribution in [3.05, 3.63) is 11.6 Å². The van der Waals surface area contributed by atoms with Gasteiger partial charge in [-0.2, -0.15) is 8.42 Å². The minimum Gasteiger partial charge on any atom is -0.448 e. The molecule has 3 saturated carbocycles. The molecular formula is C41H64O18S. The molecule has 0 aromatic carbocycles. The lowest BCUT2D eigenvalue weighted by Gasteiger charge is -2.64. The number of cyclic esters (lactones) is 1. The zero-order valence-corrected chi connectivity index (χ0v) is 36.3. The Morgan fingerprint density at radius 1 is 0.917 bits per heavy atom. The first kappa shape index (κ1) is 46.3. The normalized spacial score (nSPS) is 50.2. The Balaban J connectivity index is 1.16. The standard InChI is InChI=1S/C41H64O18S/c1-19-27(44)29(46)30(47)32(55-19)57-31-28(45)22(59-60(51,52)53)18-54-33(31)56-26-12-14-37(6)21-17-25(43)41-34(48)58-39(8,24(42)11-13-35(2,3)49)40(41,50)16-15-38(41,7)20(21)9-10-23(37)36(26,4)5/h17,19-20,22-23,25-33,43-47,49-50H,9-16,18H2,1-8H3,(H,51,52,53)/t19-,20-,22-,23+,25+,26+,27-,28+,29+,30-,31-,32+,33+,37-,38+,39+,40+,41-/m1/s1. The number of ether oxygens (including phenoxy) is 5. The molecule has 342 valence electrons. The maximum absolute atomic E-state index is 14.3. The van der Waals surface area contributed by atoms with Gasteiger partial charge in [-0.05, 0) is 101 Å². The molecule has 4 aliphatic carbocycles. The van der Waals surface area contributed by atoms with E-state index >= 15 is 0 Å². The van der Waals surface area contributed by atoms with E-state index in [1.54, 1.807) is 19.9 Å². The lowest BCUT2D eigenvalue weighted by Crippen LogP contribution is -2.69. The fourth-order valence-corrected chi connectivity index (χ4v) is 13.4. The molecule has 0 bridgehead atoms. The van der Waals surface area contributed by atoms with Crippen molar-refractivity contribution in [3.8, 4) is 0 Å². The van der Waals surface area contributed by atoms with E-state index in [0.717, 1.165) is 5.57 Å². The third-order valence-electron chi connectivity index (χ3n) is 16.3. The second-order valence-corrected chi connectivity index (χ2v) is 21.5. The van der Waals surface area contributed by atoms with Gasteiger partial charge in [-0.15, -0.1) is 0 Å². The van der Waals surface area contributed by atoms with Crippen LogP contribution in [0.5, 0.6) is 0 Å². The van der Waals surface area contributed by atoms with Gasteiger partial charge in [0.15, 0.2) is 24.0 Å². The summed E-state index contributed by atoms with van der Waals surface area (Å²) in [6.45, 7) is 13.6. The summed E-state index contributed by atoms with van der Waals surface area (Å²) in [6, 6.07) is 0. The van der Waals surface area contributed by atoms with Crippen molar-refractivity contribution in [1.82, 2.24) is 0 Å². The van der Waals surface area contributed by atoms with Crippen molar-refractivity contribution in [2.75, 3.05) is 6.61 Å². The molecule has 0 aromatic heterocycles. The summed E-state index contributed by atoms with van der Waals surface area (Å²) in [4.78, 5) is 28.2. The number of carbonyl (C=O) groups is 2. The fourth-order valence-electron chi connectivity index (χ4n) is 12.9. The van der Waals surface area contributed by atoms with E-state index in [-0.39, 0.29) is 31.1 Å². The van der Waals surface area contributed by atoms with Gasteiger partial charge < -0.3 is 59.4 Å². The zero-order valence-electron chi connectivity index (χ0n) is 35.5. The Morgan fingerprint density at radius 3 is 2.22 bits per heavy atom. The third-order valence-corrected chi connectivity index (χ3v) is 16.8. The molecule has 8 N–H and O–H groups in total. The molecule has 6 fully saturated rings. The van der Waals surface area contributed by atoms with E-state index in [0.29, 0.717) is 32.1 Å². The second kappa shape index (κ2) is 14.9. The molecule has 0 amide bonds. The van der Waals surface area contributed by atoms with Crippen LogP contribution >= 0.6 is 0 Å². The molecule has 60 heavy (non-hydrogen) atoms. The summed E-state index contributed by atoms with van der Waals surface area (Å²) in [5.74, 6) is -1.68. The Hall–Kier alpha value is -1.69. The van der Waals surface area contributed by atoms with Crippen LogP contribution in [0.3, 0.4) is 0 Å². The van der Waals surface area contributed by atoms with Crippen LogP contribution in [0.25, 0.3) is 0 Å². The summed E-state index contributed by atoms with van der Waals surface area (Å²) >= 11 is 0. The van der Waals surface area contributed by atoms with E-state index in [4.69, 9.17) is 23.7 Å². The second-order valence-electron chi connectivity index (χ2n) is 20.4. The van der Waals surface area contributed by atoms with Gasteiger partial charge in [0.1, 0.15) is 47.6 Å². The first-order chi connectivity index (χ1) is 27.5. The van der Waals surface area contributed by atoms with Crippen LogP contribution < -0.4 is 0 Å². The van der Waals surface area contributed by atoms with Crippen LogP contribution in [0.4, 0.5) is 0 Å². The van der Waals surface area contributed by atoms with E-state index in [1.165, 1.54) is 13.8 Å². The van der Waals surface area contributed by atoms with Gasteiger partial charge in [0.25, 0.3) is 0 Å². The molecule has 18 atom stereocenters. The molecule has 3 saturated heterocycles. The Kier molecular flexibility index (Phi) is 11.5. The van der Waals surface area contributed by atoms with E-state index in [9.17, 15) is 58.3 Å². The highest BCUT2D eigenvalue weighted by Gasteiger charge is 2.87. The molecule has 7 rings (SSSR count). The van der Waals surface area contributed by atoms with Gasteiger partial charge in [-0.25, -0.2) is 4.18 Å². The van der Waals surface area contributed by atoms with Crippen molar-refractivity contribution in [2.45, 2.75) is 191 Å². The molecule has 0 radical (unpaired) electrons. The largest absolute Gasteiger partial charge is 0.448 e. The summed E-state index contributed by atoms with van der Waals surface area (Å²) in [5.41, 5.74) is -8.17. The minimum atomic E-state index is -5.06. The van der Waals surface area contributed by atoms with Crippen molar-refractivity contribution in [1.29, 1.82) is 0 Å². The zero-order chi connectivity index (χ0) is 44.6. The number of aliphatic hydroxyl groups is 7. The van der Waals surface area contributed by atoms with Crippen molar-refractivity contribution in [2.24, 2.45) is 33.5 Å². The average molecular weight is 877 g/mol. The third kappa shape index (κ3) is 6.70. The predicted octanol–water partition coefficient (Wildman–Crippen LogP) is 0.596. The summed E-state index contributed by atoms with van der Waals surface area (Å²) in [5, 5.41) is 78.1. The number of Topliss-reactive ketones (excluding diaryl/α,β-unsaturated/α-hetero) is 1. The number of fused-ring (bicyclic) bond motifs is 4. The number of allylic oxidation sites excluding steroid dienone is 1. The molecule has 0 aromatic rings. The summed E-state index contributed by atoms with van der Waals surface area (Å²) in [6.07, 6.45) is -11.9. The summed E-state index contributed by atoms with van der Waals surface area (Å²) in [7, 11) is -5.06. The van der Waals surface area contributed by atoms with Gasteiger partial charge in [0.05, 0.1) is 30.5 Å². The quantitative estimate of drug-likeness (QED) is 0.0645. The van der Waals surface area contributed by atoms with Crippen molar-refractivity contribution >= 4 is 22.2 Å². The minimum absolute atomic E-state index is 0.0458. The molecule has 18 nitrogen and oxygen atoms in total. The van der Waals surface area contributed by atoms with E-state index in [2.05, 4.69) is 11.1 Å². The van der Waals surface area contributed by atoms with Crippen LogP contribution in [0, 0.1) is 33.5 Å². The molecule has 3 aliphatic heterocycles. The average Bonchev–Trinajstić information content (AvgIpc) is 3.51. The highest BCUT2D eigenvalue weighted by molar-refractivity contribution is 7.80. The first-order valence-corrected chi connectivity index (χ1v) is 22.4. The maximum Gasteiger partial charge on any atom is 0.397 e. The topological polar surface area (TPSA) is 286 Å².